The van der Waals surface area contributed by atoms with Crippen LogP contribution in [-0.2, 0) is 4.79 Å². The van der Waals surface area contributed by atoms with Gasteiger partial charge in [-0.2, -0.15) is 0 Å². The summed E-state index contributed by atoms with van der Waals surface area (Å²) in [6.07, 6.45) is 0. The van der Waals surface area contributed by atoms with Crippen LogP contribution in [0.2, 0.25) is 0 Å². The van der Waals surface area contributed by atoms with E-state index in [4.69, 9.17) is 4.42 Å². The Morgan fingerprint density at radius 1 is 1.32 bits per heavy atom. The minimum absolute atomic E-state index is 0.0299. The maximum atomic E-state index is 11.9. The van der Waals surface area contributed by atoms with E-state index in [1.54, 1.807) is 0 Å². The molecule has 4 nitrogen and oxygen atoms in total. The minimum Gasteiger partial charge on any atom is -0.459 e. The number of furan rings is 1. The lowest BCUT2D eigenvalue weighted by atomic mass is 10.1. The molecule has 2 unspecified atom stereocenters. The quantitative estimate of drug-likeness (QED) is 0.868. The number of hydrogen-bond donors (Lipinski definition) is 2. The lowest BCUT2D eigenvalue weighted by Gasteiger charge is -2.15. The van der Waals surface area contributed by atoms with Crippen molar-refractivity contribution < 1.29 is 9.21 Å². The first kappa shape index (κ1) is 13.6. The predicted molar refractivity (Wildman–Crippen MR) is 75.9 cm³/mol. The third-order valence-electron chi connectivity index (χ3n) is 3.19. The molecule has 2 rings (SSSR count). The van der Waals surface area contributed by atoms with Gasteiger partial charge in [-0.25, -0.2) is 0 Å². The molecule has 0 spiro atoms. The van der Waals surface area contributed by atoms with Crippen molar-refractivity contribution in [2.75, 3.05) is 13.6 Å². The van der Waals surface area contributed by atoms with Crippen LogP contribution in [0.25, 0.3) is 11.0 Å². The van der Waals surface area contributed by atoms with E-state index in [1.807, 2.05) is 51.2 Å². The molecule has 2 N–H and O–H groups in total. The zero-order valence-corrected chi connectivity index (χ0v) is 11.6. The van der Waals surface area contributed by atoms with E-state index >= 15 is 0 Å². The van der Waals surface area contributed by atoms with E-state index < -0.39 is 0 Å². The van der Waals surface area contributed by atoms with Gasteiger partial charge in [0.05, 0.1) is 6.04 Å². The average molecular weight is 260 g/mol. The summed E-state index contributed by atoms with van der Waals surface area (Å²) in [5.41, 5.74) is 0.849. The number of para-hydroxylation sites is 1. The molecule has 2 atom stereocenters. The standard InChI is InChI=1S/C15H20N2O2/c1-10(9-16-3)15(18)17-11(2)14-8-12-6-4-5-7-13(12)19-14/h4-8,10-11,16H,9H2,1-3H3,(H,17,18). The molecule has 4 heteroatoms. The van der Waals surface area contributed by atoms with Crippen LogP contribution in [0, 0.1) is 5.92 Å². The molecule has 0 bridgehead atoms. The molecule has 0 aliphatic carbocycles. The molecular weight excluding hydrogens is 240 g/mol. The molecule has 0 radical (unpaired) electrons. The number of rotatable bonds is 5. The highest BCUT2D eigenvalue weighted by atomic mass is 16.3. The predicted octanol–water partition coefficient (Wildman–Crippen LogP) is 2.47. The van der Waals surface area contributed by atoms with Gasteiger partial charge in [0.25, 0.3) is 0 Å². The Balaban J connectivity index is 2.07. The number of fused-ring (bicyclic) bond motifs is 1. The third-order valence-corrected chi connectivity index (χ3v) is 3.19. The monoisotopic (exact) mass is 260 g/mol. The van der Waals surface area contributed by atoms with E-state index in [0.29, 0.717) is 6.54 Å². The molecule has 0 aliphatic heterocycles. The molecule has 1 heterocycles. The summed E-state index contributed by atoms with van der Waals surface area (Å²) in [6, 6.07) is 9.69. The second-order valence-electron chi connectivity index (χ2n) is 4.88. The molecule has 1 amide bonds. The van der Waals surface area contributed by atoms with E-state index in [9.17, 15) is 4.79 Å². The van der Waals surface area contributed by atoms with E-state index in [2.05, 4.69) is 10.6 Å². The Morgan fingerprint density at radius 3 is 2.74 bits per heavy atom. The van der Waals surface area contributed by atoms with Crippen molar-refractivity contribution in [1.29, 1.82) is 0 Å². The summed E-state index contributed by atoms with van der Waals surface area (Å²) in [7, 11) is 1.84. The zero-order valence-electron chi connectivity index (χ0n) is 11.6. The number of carbonyl (C=O) groups is 1. The van der Waals surface area contributed by atoms with Gasteiger partial charge in [0.1, 0.15) is 11.3 Å². The van der Waals surface area contributed by atoms with Crippen LogP contribution in [0.3, 0.4) is 0 Å². The van der Waals surface area contributed by atoms with Gasteiger partial charge in [0.2, 0.25) is 5.91 Å². The summed E-state index contributed by atoms with van der Waals surface area (Å²) in [4.78, 5) is 11.9. The fraction of sp³-hybridized carbons (Fsp3) is 0.400. The topological polar surface area (TPSA) is 54.3 Å². The average Bonchev–Trinajstić information content (AvgIpc) is 2.82. The van der Waals surface area contributed by atoms with Crippen LogP contribution in [0.1, 0.15) is 25.6 Å². The Morgan fingerprint density at radius 2 is 2.05 bits per heavy atom. The Bertz CT molecular complexity index is 529. The van der Waals surface area contributed by atoms with Crippen molar-refractivity contribution in [2.45, 2.75) is 19.9 Å². The molecule has 1 aromatic heterocycles. The molecule has 0 fully saturated rings. The van der Waals surface area contributed by atoms with Crippen LogP contribution in [0.4, 0.5) is 0 Å². The van der Waals surface area contributed by atoms with Crippen LogP contribution in [-0.4, -0.2) is 19.5 Å². The normalized spacial score (nSPS) is 14.3. The van der Waals surface area contributed by atoms with Gasteiger partial charge in [-0.05, 0) is 26.1 Å². The molecule has 1 aromatic carbocycles. The summed E-state index contributed by atoms with van der Waals surface area (Å²) in [6.45, 7) is 4.50. The largest absolute Gasteiger partial charge is 0.459 e. The molecule has 2 aromatic rings. The first-order valence-corrected chi connectivity index (χ1v) is 6.55. The summed E-state index contributed by atoms with van der Waals surface area (Å²) >= 11 is 0. The van der Waals surface area contributed by atoms with Gasteiger partial charge < -0.3 is 15.1 Å². The Labute approximate surface area is 113 Å². The van der Waals surface area contributed by atoms with Crippen molar-refractivity contribution in [1.82, 2.24) is 10.6 Å². The number of nitrogens with one attached hydrogen (secondary N) is 2. The Kier molecular flexibility index (Phi) is 4.22. The maximum Gasteiger partial charge on any atom is 0.224 e. The fourth-order valence-electron chi connectivity index (χ4n) is 2.04. The molecule has 0 saturated carbocycles. The number of benzene rings is 1. The van der Waals surface area contributed by atoms with Crippen molar-refractivity contribution in [2.24, 2.45) is 5.92 Å². The highest BCUT2D eigenvalue weighted by Gasteiger charge is 2.17. The lowest BCUT2D eigenvalue weighted by Crippen LogP contribution is -2.35. The second kappa shape index (κ2) is 5.89. The second-order valence-corrected chi connectivity index (χ2v) is 4.88. The lowest BCUT2D eigenvalue weighted by molar-refractivity contribution is -0.125. The van der Waals surface area contributed by atoms with E-state index in [0.717, 1.165) is 16.7 Å². The fourth-order valence-corrected chi connectivity index (χ4v) is 2.04. The number of hydrogen-bond acceptors (Lipinski definition) is 3. The highest BCUT2D eigenvalue weighted by Crippen LogP contribution is 2.23. The Hall–Kier alpha value is -1.81. The van der Waals surface area contributed by atoms with Gasteiger partial charge in [-0.3, -0.25) is 4.79 Å². The minimum atomic E-state index is -0.126. The molecule has 0 aliphatic rings. The summed E-state index contributed by atoms with van der Waals surface area (Å²) in [5.74, 6) is 0.755. The van der Waals surface area contributed by atoms with E-state index in [1.165, 1.54) is 0 Å². The van der Waals surface area contributed by atoms with Gasteiger partial charge in [-0.1, -0.05) is 25.1 Å². The number of carbonyl (C=O) groups excluding carboxylic acids is 1. The number of amides is 1. The molecule has 102 valence electrons. The van der Waals surface area contributed by atoms with Crippen molar-refractivity contribution in [3.05, 3.63) is 36.1 Å². The van der Waals surface area contributed by atoms with Crippen molar-refractivity contribution >= 4 is 16.9 Å². The summed E-state index contributed by atoms with van der Waals surface area (Å²) < 4.78 is 5.74. The zero-order chi connectivity index (χ0) is 13.8. The first-order valence-electron chi connectivity index (χ1n) is 6.55. The summed E-state index contributed by atoms with van der Waals surface area (Å²) in [5, 5.41) is 7.02. The SMILES string of the molecule is CNCC(C)C(=O)NC(C)c1cc2ccccc2o1. The van der Waals surface area contributed by atoms with Crippen LogP contribution in [0.15, 0.2) is 34.7 Å². The third kappa shape index (κ3) is 3.15. The van der Waals surface area contributed by atoms with Crippen LogP contribution >= 0.6 is 0 Å². The molecule has 0 saturated heterocycles. The molecular formula is C15H20N2O2. The smallest absolute Gasteiger partial charge is 0.224 e. The molecule has 19 heavy (non-hydrogen) atoms. The van der Waals surface area contributed by atoms with Gasteiger partial charge in [-0.15, -0.1) is 0 Å². The van der Waals surface area contributed by atoms with Gasteiger partial charge in [0, 0.05) is 17.8 Å². The highest BCUT2D eigenvalue weighted by molar-refractivity contribution is 5.80. The first-order chi connectivity index (χ1) is 9.11. The van der Waals surface area contributed by atoms with Crippen molar-refractivity contribution in [3.8, 4) is 0 Å². The van der Waals surface area contributed by atoms with E-state index in [-0.39, 0.29) is 17.9 Å². The van der Waals surface area contributed by atoms with Crippen molar-refractivity contribution in [3.63, 3.8) is 0 Å². The maximum absolute atomic E-state index is 11.9. The van der Waals surface area contributed by atoms with Crippen LogP contribution in [0.5, 0.6) is 0 Å². The van der Waals surface area contributed by atoms with Gasteiger partial charge >= 0.3 is 0 Å². The van der Waals surface area contributed by atoms with Crippen LogP contribution < -0.4 is 10.6 Å². The van der Waals surface area contributed by atoms with Gasteiger partial charge in [0.15, 0.2) is 0 Å².